The summed E-state index contributed by atoms with van der Waals surface area (Å²) in [4.78, 5) is 42.6. The van der Waals surface area contributed by atoms with E-state index in [0.717, 1.165) is 12.0 Å². The Hall–Kier alpha value is -3.26. The van der Waals surface area contributed by atoms with E-state index in [-0.39, 0.29) is 17.7 Å². The van der Waals surface area contributed by atoms with Gasteiger partial charge in [-0.25, -0.2) is 4.79 Å². The molecule has 8 nitrogen and oxygen atoms in total. The van der Waals surface area contributed by atoms with Gasteiger partial charge in [0.15, 0.2) is 0 Å². The Labute approximate surface area is 236 Å². The molecule has 0 spiro atoms. The van der Waals surface area contributed by atoms with Gasteiger partial charge < -0.3 is 25.4 Å². The zero-order chi connectivity index (χ0) is 28.9. The Morgan fingerprint density at radius 3 is 2.31 bits per heavy atom. The van der Waals surface area contributed by atoms with Gasteiger partial charge in [0, 0.05) is 11.6 Å². The first-order chi connectivity index (χ1) is 18.3. The summed E-state index contributed by atoms with van der Waals surface area (Å²) in [6.07, 6.45) is 1.96. The SMILES string of the molecule is Cc1cccc(Cl)c1NC(=O)C(c1ccccc1O)N(C(=O)C(CC(C)C)NC(=O)OC(C)(C)C)C1CCC1. The maximum Gasteiger partial charge on any atom is 0.408 e. The number of benzene rings is 2. The van der Waals surface area contributed by atoms with E-state index in [1.54, 1.807) is 51.1 Å². The third kappa shape index (κ3) is 7.88. The van der Waals surface area contributed by atoms with Crippen molar-refractivity contribution in [3.8, 4) is 5.75 Å². The molecule has 39 heavy (non-hydrogen) atoms. The third-order valence-electron chi connectivity index (χ3n) is 6.65. The van der Waals surface area contributed by atoms with Crippen molar-refractivity contribution >= 4 is 35.2 Å². The number of nitrogens with one attached hydrogen (secondary N) is 2. The van der Waals surface area contributed by atoms with Crippen LogP contribution in [-0.2, 0) is 14.3 Å². The molecule has 3 amide bonds. The van der Waals surface area contributed by atoms with Crippen molar-refractivity contribution in [3.05, 3.63) is 58.6 Å². The lowest BCUT2D eigenvalue weighted by atomic mass is 9.87. The number of anilines is 1. The van der Waals surface area contributed by atoms with Gasteiger partial charge in [-0.3, -0.25) is 9.59 Å². The summed E-state index contributed by atoms with van der Waals surface area (Å²) in [5.41, 5.74) is 0.753. The molecule has 2 aromatic rings. The molecular weight excluding hydrogens is 518 g/mol. The summed E-state index contributed by atoms with van der Waals surface area (Å²) in [7, 11) is 0. The van der Waals surface area contributed by atoms with Gasteiger partial charge in [-0.2, -0.15) is 0 Å². The number of ether oxygens (including phenoxy) is 1. The number of hydrogen-bond donors (Lipinski definition) is 3. The van der Waals surface area contributed by atoms with Crippen LogP contribution in [0.15, 0.2) is 42.5 Å². The van der Waals surface area contributed by atoms with Crippen molar-refractivity contribution in [2.75, 3.05) is 5.32 Å². The summed E-state index contributed by atoms with van der Waals surface area (Å²) in [6.45, 7) is 11.0. The molecule has 0 saturated heterocycles. The molecule has 1 aliphatic rings. The van der Waals surface area contributed by atoms with Crippen LogP contribution in [0.3, 0.4) is 0 Å². The molecule has 9 heteroatoms. The molecule has 0 heterocycles. The van der Waals surface area contributed by atoms with E-state index in [0.29, 0.717) is 35.5 Å². The number of alkyl carbamates (subject to hydrolysis) is 1. The topological polar surface area (TPSA) is 108 Å². The summed E-state index contributed by atoms with van der Waals surface area (Å²) >= 11 is 6.41. The second kappa shape index (κ2) is 12.7. The van der Waals surface area contributed by atoms with Gasteiger partial charge in [0.1, 0.15) is 23.4 Å². The van der Waals surface area contributed by atoms with E-state index in [1.807, 2.05) is 26.8 Å². The van der Waals surface area contributed by atoms with Gasteiger partial charge in [0.2, 0.25) is 5.91 Å². The monoisotopic (exact) mass is 557 g/mol. The molecule has 0 aromatic heterocycles. The molecule has 0 bridgehead atoms. The quantitative estimate of drug-likeness (QED) is 0.333. The van der Waals surface area contributed by atoms with Crippen LogP contribution in [0.25, 0.3) is 0 Å². The standard InChI is InChI=1S/C30H40ClN3O5/c1-18(2)17-23(32-29(38)39-30(4,5)6)28(37)34(20-12-10-13-20)26(21-14-7-8-16-24(21)35)27(36)33-25-19(3)11-9-15-22(25)31/h7-9,11,14-16,18,20,23,26,35H,10,12-13,17H2,1-6H3,(H,32,38)(H,33,36). The molecule has 1 saturated carbocycles. The predicted molar refractivity (Wildman–Crippen MR) is 153 cm³/mol. The van der Waals surface area contributed by atoms with Gasteiger partial charge in [-0.05, 0) is 77.0 Å². The number of carbonyl (C=O) groups is 3. The molecule has 212 valence electrons. The minimum absolute atomic E-state index is 0.0697. The maximum atomic E-state index is 14.3. The largest absolute Gasteiger partial charge is 0.508 e. The third-order valence-corrected chi connectivity index (χ3v) is 6.96. The second-order valence-electron chi connectivity index (χ2n) is 11.5. The zero-order valence-corrected chi connectivity index (χ0v) is 24.3. The van der Waals surface area contributed by atoms with Gasteiger partial charge >= 0.3 is 6.09 Å². The minimum Gasteiger partial charge on any atom is -0.508 e. The van der Waals surface area contributed by atoms with E-state index < -0.39 is 35.6 Å². The number of carbonyl (C=O) groups excluding carboxylic acids is 3. The van der Waals surface area contributed by atoms with Crippen LogP contribution in [0.2, 0.25) is 5.02 Å². The fourth-order valence-electron chi connectivity index (χ4n) is 4.62. The Bertz CT molecular complexity index is 1170. The molecule has 2 atom stereocenters. The van der Waals surface area contributed by atoms with Gasteiger partial charge in [-0.1, -0.05) is 55.8 Å². The van der Waals surface area contributed by atoms with Crippen LogP contribution in [0.4, 0.5) is 10.5 Å². The fraction of sp³-hybridized carbons (Fsp3) is 0.500. The Morgan fingerprint density at radius 1 is 1.10 bits per heavy atom. The molecule has 3 rings (SSSR count). The van der Waals surface area contributed by atoms with Crippen LogP contribution in [0.5, 0.6) is 5.75 Å². The number of nitrogens with zero attached hydrogens (tertiary/aromatic N) is 1. The number of halogens is 1. The number of hydrogen-bond acceptors (Lipinski definition) is 5. The summed E-state index contributed by atoms with van der Waals surface area (Å²) in [6, 6.07) is 9.47. The molecule has 1 aliphatic carbocycles. The van der Waals surface area contributed by atoms with E-state index >= 15 is 0 Å². The molecule has 2 aromatic carbocycles. The Morgan fingerprint density at radius 2 is 1.77 bits per heavy atom. The van der Waals surface area contributed by atoms with Gasteiger partial charge in [0.25, 0.3) is 5.91 Å². The molecule has 3 N–H and O–H groups in total. The molecule has 1 fully saturated rings. The number of phenols is 1. The first kappa shape index (κ1) is 30.3. The molecular formula is C30H40ClN3O5. The molecule has 0 aliphatic heterocycles. The summed E-state index contributed by atoms with van der Waals surface area (Å²) in [5, 5.41) is 16.9. The smallest absolute Gasteiger partial charge is 0.408 e. The number of amides is 3. The maximum absolute atomic E-state index is 14.3. The predicted octanol–water partition coefficient (Wildman–Crippen LogP) is 6.35. The highest BCUT2D eigenvalue weighted by Gasteiger charge is 2.43. The van der Waals surface area contributed by atoms with Crippen LogP contribution in [-0.4, -0.2) is 45.6 Å². The molecule has 2 unspecified atom stereocenters. The lowest BCUT2D eigenvalue weighted by molar-refractivity contribution is -0.146. The highest BCUT2D eigenvalue weighted by molar-refractivity contribution is 6.34. The Kier molecular flexibility index (Phi) is 9.88. The van der Waals surface area contributed by atoms with Crippen molar-refractivity contribution in [1.29, 1.82) is 0 Å². The summed E-state index contributed by atoms with van der Waals surface area (Å²) < 4.78 is 5.44. The van der Waals surface area contributed by atoms with Crippen LogP contribution >= 0.6 is 11.6 Å². The summed E-state index contributed by atoms with van der Waals surface area (Å²) in [5.74, 6) is -0.946. The average Bonchev–Trinajstić information content (AvgIpc) is 2.78. The number of aryl methyl sites for hydroxylation is 1. The normalized spacial score (nSPS) is 15.2. The zero-order valence-electron chi connectivity index (χ0n) is 23.6. The average molecular weight is 558 g/mol. The Balaban J connectivity index is 2.06. The van der Waals surface area contributed by atoms with E-state index in [4.69, 9.17) is 16.3 Å². The van der Waals surface area contributed by atoms with E-state index in [1.165, 1.54) is 11.0 Å². The van der Waals surface area contributed by atoms with E-state index in [9.17, 15) is 19.5 Å². The van der Waals surface area contributed by atoms with Crippen molar-refractivity contribution in [2.24, 2.45) is 5.92 Å². The number of aromatic hydroxyl groups is 1. The first-order valence-electron chi connectivity index (χ1n) is 13.4. The molecule has 0 radical (unpaired) electrons. The number of para-hydroxylation sites is 2. The van der Waals surface area contributed by atoms with Gasteiger partial charge in [0.05, 0.1) is 10.7 Å². The van der Waals surface area contributed by atoms with Crippen molar-refractivity contribution in [3.63, 3.8) is 0 Å². The lowest BCUT2D eigenvalue weighted by Crippen LogP contribution is -2.57. The van der Waals surface area contributed by atoms with Crippen LogP contribution in [0, 0.1) is 12.8 Å². The second-order valence-corrected chi connectivity index (χ2v) is 11.9. The number of rotatable bonds is 9. The fourth-order valence-corrected chi connectivity index (χ4v) is 4.89. The van der Waals surface area contributed by atoms with E-state index in [2.05, 4.69) is 10.6 Å². The highest BCUT2D eigenvalue weighted by atomic mass is 35.5. The highest BCUT2D eigenvalue weighted by Crippen LogP contribution is 2.38. The van der Waals surface area contributed by atoms with Crippen molar-refractivity contribution in [1.82, 2.24) is 10.2 Å². The number of phenolic OH excluding ortho intramolecular Hbond substituents is 1. The minimum atomic E-state index is -1.16. The van der Waals surface area contributed by atoms with Crippen molar-refractivity contribution < 1.29 is 24.2 Å². The van der Waals surface area contributed by atoms with Gasteiger partial charge in [-0.15, -0.1) is 0 Å². The lowest BCUT2D eigenvalue weighted by Gasteiger charge is -2.44. The van der Waals surface area contributed by atoms with Crippen molar-refractivity contribution in [2.45, 2.75) is 91.0 Å². The van der Waals surface area contributed by atoms with Crippen LogP contribution in [0.1, 0.15) is 77.5 Å². The van der Waals surface area contributed by atoms with Crippen LogP contribution < -0.4 is 10.6 Å². The first-order valence-corrected chi connectivity index (χ1v) is 13.8.